The third-order valence-corrected chi connectivity index (χ3v) is 5.47. The number of carbonyl (C=O) groups excluding carboxylic acids is 1. The molecule has 0 saturated heterocycles. The van der Waals surface area contributed by atoms with E-state index in [1.165, 1.54) is 43.4 Å². The van der Waals surface area contributed by atoms with Crippen LogP contribution >= 0.6 is 11.3 Å². The summed E-state index contributed by atoms with van der Waals surface area (Å²) in [6.45, 7) is 0.185. The van der Waals surface area contributed by atoms with Crippen molar-refractivity contribution in [1.29, 1.82) is 5.26 Å². The van der Waals surface area contributed by atoms with Gasteiger partial charge >= 0.3 is 5.63 Å². The van der Waals surface area contributed by atoms with Crippen molar-refractivity contribution in [3.8, 4) is 34.0 Å². The molecule has 0 aliphatic carbocycles. The number of methoxy groups -OCH3 is 2. The summed E-state index contributed by atoms with van der Waals surface area (Å²) in [5.74, 6) is -1.03. The molecule has 0 unspecified atom stereocenters. The number of aromatic nitrogens is 5. The van der Waals surface area contributed by atoms with E-state index in [0.717, 1.165) is 11.3 Å². The highest BCUT2D eigenvalue weighted by atomic mass is 32.1. The Kier molecular flexibility index (Phi) is 7.18. The zero-order chi connectivity index (χ0) is 25.7. The van der Waals surface area contributed by atoms with Gasteiger partial charge in [-0.1, -0.05) is 11.3 Å². The molecule has 4 aromatic heterocycles. The Labute approximate surface area is 206 Å². The van der Waals surface area contributed by atoms with Crippen LogP contribution in [0.5, 0.6) is 11.6 Å². The molecule has 0 aromatic carbocycles. The first-order chi connectivity index (χ1) is 17.5. The predicted octanol–water partition coefficient (Wildman–Crippen LogP) is 1.48. The lowest BCUT2D eigenvalue weighted by Crippen LogP contribution is -2.18. The van der Waals surface area contributed by atoms with E-state index in [9.17, 15) is 14.9 Å². The van der Waals surface area contributed by atoms with E-state index in [1.54, 1.807) is 6.07 Å². The van der Waals surface area contributed by atoms with Gasteiger partial charge < -0.3 is 24.4 Å². The quantitative estimate of drug-likeness (QED) is 0.308. The van der Waals surface area contributed by atoms with E-state index in [-0.39, 0.29) is 52.4 Å². The number of hydrogen-bond acceptors (Lipinski definition) is 13. The fourth-order valence-electron chi connectivity index (χ4n) is 3.08. The number of hydrogen-bond donors (Lipinski definition) is 2. The Morgan fingerprint density at radius 1 is 1.28 bits per heavy atom. The van der Waals surface area contributed by atoms with Crippen LogP contribution < -0.4 is 26.1 Å². The number of pyridine rings is 1. The van der Waals surface area contributed by atoms with Crippen LogP contribution in [0, 0.1) is 11.3 Å². The summed E-state index contributed by atoms with van der Waals surface area (Å²) in [6.07, 6.45) is 2.87. The lowest BCUT2D eigenvalue weighted by molar-refractivity contribution is 0.0990. The van der Waals surface area contributed by atoms with Gasteiger partial charge in [0.1, 0.15) is 18.5 Å². The number of nitrogens with one attached hydrogen (secondary N) is 1. The van der Waals surface area contributed by atoms with Gasteiger partial charge in [-0.15, -0.1) is 10.2 Å². The third kappa shape index (κ3) is 4.85. The lowest BCUT2D eigenvalue weighted by Gasteiger charge is -2.14. The number of carbonyl (C=O) groups is 1. The van der Waals surface area contributed by atoms with Crippen molar-refractivity contribution in [2.45, 2.75) is 0 Å². The summed E-state index contributed by atoms with van der Waals surface area (Å²) in [5, 5.41) is 24.4. The second-order valence-corrected chi connectivity index (χ2v) is 7.80. The van der Waals surface area contributed by atoms with E-state index in [2.05, 4.69) is 25.6 Å². The maximum absolute atomic E-state index is 13.0. The summed E-state index contributed by atoms with van der Waals surface area (Å²) in [6, 6.07) is 6.30. The van der Waals surface area contributed by atoms with Crippen LogP contribution in [0.2, 0.25) is 0 Å². The number of nitriles is 1. The fraction of sp³-hybridized carbons (Fsp3) is 0.190. The number of nitrogens with zero attached hydrogens (tertiary/aromatic N) is 6. The van der Waals surface area contributed by atoms with Crippen molar-refractivity contribution >= 4 is 28.2 Å². The maximum Gasteiger partial charge on any atom is 0.379 e. The number of amides is 1. The molecule has 0 fully saturated rings. The van der Waals surface area contributed by atoms with Crippen molar-refractivity contribution in [3.63, 3.8) is 0 Å². The zero-order valence-electron chi connectivity index (χ0n) is 18.9. The van der Waals surface area contributed by atoms with Crippen LogP contribution in [0.15, 0.2) is 39.8 Å². The van der Waals surface area contributed by atoms with Crippen molar-refractivity contribution in [3.05, 3.63) is 52.3 Å². The van der Waals surface area contributed by atoms with Gasteiger partial charge in [0, 0.05) is 24.9 Å². The highest BCUT2D eigenvalue weighted by molar-refractivity contribution is 7.17. The van der Waals surface area contributed by atoms with Gasteiger partial charge in [-0.2, -0.15) is 15.0 Å². The van der Waals surface area contributed by atoms with E-state index >= 15 is 0 Å². The Morgan fingerprint density at radius 3 is 2.81 bits per heavy atom. The molecular weight excluding hydrogens is 492 g/mol. The van der Waals surface area contributed by atoms with Crippen LogP contribution in [-0.2, 0) is 4.74 Å². The summed E-state index contributed by atoms with van der Waals surface area (Å²) in [5.41, 5.74) is 5.24. The van der Waals surface area contributed by atoms with Gasteiger partial charge in [-0.05, 0) is 12.1 Å². The minimum Gasteiger partial charge on any atom is -0.484 e. The van der Waals surface area contributed by atoms with Gasteiger partial charge in [0.15, 0.2) is 5.76 Å². The van der Waals surface area contributed by atoms with Gasteiger partial charge in [0.2, 0.25) is 21.9 Å². The zero-order valence-corrected chi connectivity index (χ0v) is 19.7. The fourth-order valence-corrected chi connectivity index (χ4v) is 3.80. The topological polar surface area (TPSA) is 193 Å². The second-order valence-electron chi connectivity index (χ2n) is 6.85. The average molecular weight is 510 g/mol. The molecule has 36 heavy (non-hydrogen) atoms. The van der Waals surface area contributed by atoms with Crippen molar-refractivity contribution in [2.75, 3.05) is 38.5 Å². The van der Waals surface area contributed by atoms with Crippen LogP contribution in [0.25, 0.3) is 16.3 Å². The van der Waals surface area contributed by atoms with Gasteiger partial charge in [0.05, 0.1) is 31.0 Å². The number of ether oxygens (including phenoxy) is 3. The summed E-state index contributed by atoms with van der Waals surface area (Å²) in [7, 11) is 2.83. The van der Waals surface area contributed by atoms with Gasteiger partial charge in [-0.3, -0.25) is 10.1 Å². The van der Waals surface area contributed by atoms with Crippen molar-refractivity contribution in [2.24, 2.45) is 0 Å². The molecule has 15 heteroatoms. The van der Waals surface area contributed by atoms with Crippen molar-refractivity contribution in [1.82, 2.24) is 25.0 Å². The van der Waals surface area contributed by atoms with Crippen molar-refractivity contribution < 1.29 is 23.4 Å². The molecule has 0 atom stereocenters. The molecule has 4 rings (SSSR count). The SMILES string of the molecule is COCCOc1c(-c2c(C#N)ccnc2OC)cc(C(=O)Nc2nnc(-n3nccc3N)s2)oc1=O. The number of nitrogen functional groups attached to an aromatic ring is 1. The first kappa shape index (κ1) is 24.3. The Hall–Kier alpha value is -4.81. The van der Waals surface area contributed by atoms with Crippen LogP contribution in [0.3, 0.4) is 0 Å². The van der Waals surface area contributed by atoms with Crippen LogP contribution in [-0.4, -0.2) is 58.3 Å². The van der Waals surface area contributed by atoms with Crippen LogP contribution in [0.1, 0.15) is 16.1 Å². The Morgan fingerprint density at radius 2 is 2.11 bits per heavy atom. The minimum atomic E-state index is -0.953. The largest absolute Gasteiger partial charge is 0.484 e. The number of rotatable bonds is 9. The van der Waals surface area contributed by atoms with E-state index in [0.29, 0.717) is 10.9 Å². The molecule has 0 radical (unpaired) electrons. The van der Waals surface area contributed by atoms with E-state index in [4.69, 9.17) is 24.4 Å². The number of anilines is 2. The van der Waals surface area contributed by atoms with Gasteiger partial charge in [0.25, 0.3) is 5.91 Å². The molecule has 0 saturated carbocycles. The molecule has 0 bridgehead atoms. The smallest absolute Gasteiger partial charge is 0.379 e. The molecule has 4 aromatic rings. The highest BCUT2D eigenvalue weighted by Gasteiger charge is 2.25. The molecule has 184 valence electrons. The summed E-state index contributed by atoms with van der Waals surface area (Å²) >= 11 is 0.996. The molecular formula is C21H18N8O6S. The Bertz CT molecular complexity index is 1500. The first-order valence-corrected chi connectivity index (χ1v) is 11.0. The Balaban J connectivity index is 1.74. The maximum atomic E-state index is 13.0. The first-order valence-electron chi connectivity index (χ1n) is 10.1. The number of nitrogens with two attached hydrogens (primary N) is 1. The molecule has 4 heterocycles. The molecule has 0 aliphatic heterocycles. The predicted molar refractivity (Wildman–Crippen MR) is 126 cm³/mol. The van der Waals surface area contributed by atoms with Gasteiger partial charge in [-0.25, -0.2) is 9.78 Å². The minimum absolute atomic E-state index is 0.00832. The lowest BCUT2D eigenvalue weighted by atomic mass is 10.0. The second kappa shape index (κ2) is 10.6. The normalized spacial score (nSPS) is 10.6. The van der Waals surface area contributed by atoms with E-state index in [1.807, 2.05) is 6.07 Å². The summed E-state index contributed by atoms with van der Waals surface area (Å²) < 4.78 is 22.4. The standard InChI is InChI=1S/C21H18N8O6S/c1-32-7-8-34-16-12(15-11(10-22)3-5-24-18(15)33-2)9-13(35-19(16)31)17(30)26-20-27-28-21(36-20)29-14(23)4-6-25-29/h3-6,9H,7-8,23H2,1-2H3,(H,26,27,30). The van der Waals surface area contributed by atoms with E-state index < -0.39 is 11.5 Å². The highest BCUT2D eigenvalue weighted by Crippen LogP contribution is 2.36. The monoisotopic (exact) mass is 510 g/mol. The molecule has 1 amide bonds. The third-order valence-electron chi connectivity index (χ3n) is 4.65. The molecule has 0 aliphatic rings. The molecule has 0 spiro atoms. The van der Waals surface area contributed by atoms with Crippen LogP contribution in [0.4, 0.5) is 10.9 Å². The average Bonchev–Trinajstić information content (AvgIpc) is 3.52. The molecule has 14 nitrogen and oxygen atoms in total. The molecule has 3 N–H and O–H groups in total. The summed E-state index contributed by atoms with van der Waals surface area (Å²) in [4.78, 5) is 29.9.